The fourth-order valence-electron chi connectivity index (χ4n) is 3.49. The summed E-state index contributed by atoms with van der Waals surface area (Å²) >= 11 is 0. The highest BCUT2D eigenvalue weighted by molar-refractivity contribution is 7.90. The molecular formula is C22H25N3O5S. The predicted molar refractivity (Wildman–Crippen MR) is 117 cm³/mol. The van der Waals surface area contributed by atoms with Gasteiger partial charge < -0.3 is 14.8 Å². The molecule has 0 fully saturated rings. The number of ether oxygens (including phenoxy) is 2. The molecule has 9 heteroatoms. The molecule has 2 aliphatic rings. The molecule has 2 heterocycles. The Bertz CT molecular complexity index is 1130. The Morgan fingerprint density at radius 1 is 1.16 bits per heavy atom. The summed E-state index contributed by atoms with van der Waals surface area (Å²) in [6.45, 7) is 5.01. The van der Waals surface area contributed by atoms with E-state index in [1.54, 1.807) is 36.4 Å². The summed E-state index contributed by atoms with van der Waals surface area (Å²) in [5.41, 5.74) is 1.04. The topological polar surface area (TPSA) is 106 Å². The second kappa shape index (κ2) is 8.58. The minimum atomic E-state index is -3.67. The van der Waals surface area contributed by atoms with Gasteiger partial charge in [0, 0.05) is 23.7 Å². The van der Waals surface area contributed by atoms with Gasteiger partial charge in [-0.05, 0) is 30.2 Å². The van der Waals surface area contributed by atoms with E-state index in [1.807, 2.05) is 13.8 Å². The number of benzene rings is 2. The molecule has 2 N–H and O–H groups in total. The number of nitrogens with one attached hydrogen (secondary N) is 2. The number of sulfonamides is 1. The highest BCUT2D eigenvalue weighted by atomic mass is 32.2. The van der Waals surface area contributed by atoms with Crippen LogP contribution in [-0.4, -0.2) is 39.4 Å². The SMILES string of the molecule is CC[C@H](C)[C@H](N=C1NS(=O)(=O)c2ccccc21)C(=O)Nc1ccc2c(c1)OCCCO2. The number of nitrogens with zero attached hydrogens (tertiary/aromatic N) is 1. The van der Waals surface area contributed by atoms with E-state index >= 15 is 0 Å². The molecule has 31 heavy (non-hydrogen) atoms. The van der Waals surface area contributed by atoms with Gasteiger partial charge in [-0.25, -0.2) is 8.42 Å². The third-order valence-electron chi connectivity index (χ3n) is 5.40. The van der Waals surface area contributed by atoms with Crippen LogP contribution in [0.2, 0.25) is 0 Å². The number of carbonyl (C=O) groups excluding carboxylic acids is 1. The van der Waals surface area contributed by atoms with Gasteiger partial charge in [-0.15, -0.1) is 0 Å². The standard InChI is InChI=1S/C22H25N3O5S/c1-3-14(2)20(24-21-16-7-4-5-8-19(16)31(27,28)25-21)22(26)23-15-9-10-17-18(13-15)30-12-6-11-29-17/h4-5,7-10,13-14,20H,3,6,11-12H2,1-2H3,(H,23,26)(H,24,25)/t14-,20-/m0/s1. The quantitative estimate of drug-likeness (QED) is 0.739. The molecule has 0 aliphatic carbocycles. The molecule has 1 amide bonds. The number of amidine groups is 1. The third-order valence-corrected chi connectivity index (χ3v) is 6.79. The van der Waals surface area contributed by atoms with Crippen LogP contribution in [-0.2, 0) is 14.8 Å². The molecule has 2 aromatic carbocycles. The van der Waals surface area contributed by atoms with Crippen molar-refractivity contribution in [3.63, 3.8) is 0 Å². The molecular weight excluding hydrogens is 418 g/mol. The number of anilines is 1. The van der Waals surface area contributed by atoms with E-state index < -0.39 is 16.1 Å². The fourth-order valence-corrected chi connectivity index (χ4v) is 4.73. The molecule has 164 valence electrons. The molecule has 0 unspecified atom stereocenters. The fraction of sp³-hybridized carbons (Fsp3) is 0.364. The lowest BCUT2D eigenvalue weighted by Crippen LogP contribution is -2.34. The molecule has 2 aliphatic heterocycles. The number of rotatable bonds is 5. The number of amides is 1. The first kappa shape index (κ1) is 21.2. The molecule has 2 atom stereocenters. The van der Waals surface area contributed by atoms with Gasteiger partial charge in [0.1, 0.15) is 11.9 Å². The summed E-state index contributed by atoms with van der Waals surface area (Å²) in [6, 6.07) is 11.1. The second-order valence-corrected chi connectivity index (χ2v) is 9.26. The summed E-state index contributed by atoms with van der Waals surface area (Å²) in [4.78, 5) is 17.8. The Morgan fingerprint density at radius 2 is 1.90 bits per heavy atom. The Morgan fingerprint density at radius 3 is 2.68 bits per heavy atom. The second-order valence-electron chi connectivity index (χ2n) is 7.61. The molecule has 0 saturated heterocycles. The van der Waals surface area contributed by atoms with E-state index in [2.05, 4.69) is 15.0 Å². The smallest absolute Gasteiger partial charge is 0.263 e. The van der Waals surface area contributed by atoms with Crippen molar-refractivity contribution in [1.29, 1.82) is 0 Å². The van der Waals surface area contributed by atoms with Crippen molar-refractivity contribution in [2.24, 2.45) is 10.9 Å². The van der Waals surface area contributed by atoms with E-state index in [0.717, 1.165) is 6.42 Å². The molecule has 2 aromatic rings. The van der Waals surface area contributed by atoms with Crippen LogP contribution in [0.5, 0.6) is 11.5 Å². The summed E-state index contributed by atoms with van der Waals surface area (Å²) in [5, 5.41) is 2.89. The van der Waals surface area contributed by atoms with Gasteiger partial charge in [0.25, 0.3) is 10.0 Å². The summed E-state index contributed by atoms with van der Waals surface area (Å²) in [6.07, 6.45) is 1.49. The zero-order valence-electron chi connectivity index (χ0n) is 17.4. The monoisotopic (exact) mass is 443 g/mol. The van der Waals surface area contributed by atoms with Crippen molar-refractivity contribution < 1.29 is 22.7 Å². The summed E-state index contributed by atoms with van der Waals surface area (Å²) in [5.74, 6) is 0.991. The van der Waals surface area contributed by atoms with E-state index in [9.17, 15) is 13.2 Å². The molecule has 0 spiro atoms. The van der Waals surface area contributed by atoms with Gasteiger partial charge >= 0.3 is 0 Å². The number of hydrogen-bond donors (Lipinski definition) is 2. The largest absolute Gasteiger partial charge is 0.490 e. The Kier molecular flexibility index (Phi) is 5.86. The first-order valence-electron chi connectivity index (χ1n) is 10.3. The van der Waals surface area contributed by atoms with Crippen molar-refractivity contribution in [3.8, 4) is 11.5 Å². The normalized spacial score (nSPS) is 19.6. The third kappa shape index (κ3) is 4.36. The van der Waals surface area contributed by atoms with E-state index in [4.69, 9.17) is 9.47 Å². The lowest BCUT2D eigenvalue weighted by Gasteiger charge is -2.20. The van der Waals surface area contributed by atoms with Gasteiger partial charge in [-0.3, -0.25) is 14.5 Å². The van der Waals surface area contributed by atoms with E-state index in [1.165, 1.54) is 6.07 Å². The number of hydrogen-bond acceptors (Lipinski definition) is 6. The average Bonchev–Trinajstić information content (AvgIpc) is 2.89. The maximum absolute atomic E-state index is 13.1. The van der Waals surface area contributed by atoms with Crippen molar-refractivity contribution >= 4 is 27.5 Å². The first-order chi connectivity index (χ1) is 14.9. The van der Waals surface area contributed by atoms with Crippen molar-refractivity contribution in [3.05, 3.63) is 48.0 Å². The molecule has 4 rings (SSSR count). The molecule has 0 radical (unpaired) electrons. The van der Waals surface area contributed by atoms with E-state index in [0.29, 0.717) is 42.4 Å². The van der Waals surface area contributed by atoms with Crippen LogP contribution in [0.25, 0.3) is 0 Å². The zero-order valence-corrected chi connectivity index (χ0v) is 18.2. The van der Waals surface area contributed by atoms with Gasteiger partial charge in [0.05, 0.1) is 18.1 Å². The van der Waals surface area contributed by atoms with Gasteiger partial charge in [0.15, 0.2) is 11.5 Å². The van der Waals surface area contributed by atoms with E-state index in [-0.39, 0.29) is 22.6 Å². The van der Waals surface area contributed by atoms with Crippen molar-refractivity contribution in [2.45, 2.75) is 37.6 Å². The van der Waals surface area contributed by atoms with Crippen LogP contribution in [0, 0.1) is 5.92 Å². The lowest BCUT2D eigenvalue weighted by atomic mass is 9.98. The number of carbonyl (C=O) groups is 1. The van der Waals surface area contributed by atoms with Crippen LogP contribution in [0.3, 0.4) is 0 Å². The van der Waals surface area contributed by atoms with Crippen LogP contribution in [0.4, 0.5) is 5.69 Å². The Labute approximate surface area is 181 Å². The zero-order chi connectivity index (χ0) is 22.0. The van der Waals surface area contributed by atoms with Crippen molar-refractivity contribution in [1.82, 2.24) is 4.72 Å². The average molecular weight is 444 g/mol. The predicted octanol–water partition coefficient (Wildman–Crippen LogP) is 2.94. The minimum Gasteiger partial charge on any atom is -0.490 e. The Hall–Kier alpha value is -3.07. The van der Waals surface area contributed by atoms with Gasteiger partial charge in [-0.2, -0.15) is 0 Å². The maximum atomic E-state index is 13.1. The van der Waals surface area contributed by atoms with Gasteiger partial charge in [-0.1, -0.05) is 32.4 Å². The highest BCUT2D eigenvalue weighted by Gasteiger charge is 2.33. The minimum absolute atomic E-state index is 0.106. The van der Waals surface area contributed by atoms with Crippen LogP contribution < -0.4 is 19.5 Å². The van der Waals surface area contributed by atoms with Crippen molar-refractivity contribution in [2.75, 3.05) is 18.5 Å². The number of aliphatic imine (C=N–C) groups is 1. The Balaban J connectivity index is 1.61. The molecule has 8 nitrogen and oxygen atoms in total. The number of fused-ring (bicyclic) bond motifs is 2. The van der Waals surface area contributed by atoms with Crippen LogP contribution in [0.1, 0.15) is 32.3 Å². The molecule has 0 aromatic heterocycles. The lowest BCUT2D eigenvalue weighted by molar-refractivity contribution is -0.118. The molecule has 0 bridgehead atoms. The first-order valence-corrected chi connectivity index (χ1v) is 11.8. The highest BCUT2D eigenvalue weighted by Crippen LogP contribution is 2.32. The van der Waals surface area contributed by atoms with Gasteiger partial charge in [0.2, 0.25) is 5.91 Å². The molecule has 0 saturated carbocycles. The maximum Gasteiger partial charge on any atom is 0.263 e. The summed E-state index contributed by atoms with van der Waals surface area (Å²) in [7, 11) is -3.67. The van der Waals surface area contributed by atoms with Crippen LogP contribution in [0.15, 0.2) is 52.4 Å². The van der Waals surface area contributed by atoms with Crippen LogP contribution >= 0.6 is 0 Å². The summed E-state index contributed by atoms with van der Waals surface area (Å²) < 4.78 is 38.6.